The van der Waals surface area contributed by atoms with Crippen molar-refractivity contribution in [3.05, 3.63) is 131 Å². The van der Waals surface area contributed by atoms with Gasteiger partial charge in [-0.15, -0.1) is 0 Å². The third-order valence-corrected chi connectivity index (χ3v) is 5.27. The van der Waals surface area contributed by atoms with Crippen molar-refractivity contribution in [2.45, 2.75) is 6.42 Å². The number of hydrogen-bond donors (Lipinski definition) is 2. The lowest BCUT2D eigenvalue weighted by Crippen LogP contribution is -2.07. The first-order valence-electron chi connectivity index (χ1n) is 11.0. The van der Waals surface area contributed by atoms with Crippen molar-refractivity contribution >= 4 is 11.4 Å². The molecule has 0 saturated heterocycles. The van der Waals surface area contributed by atoms with Gasteiger partial charge in [-0.05, 0) is 30.7 Å². The van der Waals surface area contributed by atoms with Crippen molar-refractivity contribution in [1.82, 2.24) is 0 Å². The van der Waals surface area contributed by atoms with Crippen LogP contribution in [0.2, 0.25) is 0 Å². The molecule has 4 nitrogen and oxygen atoms in total. The van der Waals surface area contributed by atoms with Gasteiger partial charge in [0.05, 0.1) is 11.4 Å². The molecule has 0 spiro atoms. The molecular weight excluding hydrogens is 408 g/mol. The van der Waals surface area contributed by atoms with E-state index in [-0.39, 0.29) is 11.5 Å². The minimum absolute atomic E-state index is 0.212. The van der Waals surface area contributed by atoms with Crippen molar-refractivity contribution < 1.29 is 10.2 Å². The molecule has 0 unspecified atom stereocenters. The van der Waals surface area contributed by atoms with Gasteiger partial charge in [-0.1, -0.05) is 84.9 Å². The summed E-state index contributed by atoms with van der Waals surface area (Å²) >= 11 is 0. The molecule has 4 rings (SSSR count). The van der Waals surface area contributed by atoms with E-state index in [4.69, 9.17) is 9.98 Å². The summed E-state index contributed by atoms with van der Waals surface area (Å²) in [5, 5.41) is 20.7. The molecule has 0 saturated carbocycles. The van der Waals surface area contributed by atoms with Crippen LogP contribution in [0.5, 0.6) is 11.5 Å². The Morgan fingerprint density at radius 2 is 0.848 bits per heavy atom. The third kappa shape index (κ3) is 5.55. The molecule has 0 aromatic heterocycles. The molecule has 4 aromatic carbocycles. The second-order valence-corrected chi connectivity index (χ2v) is 7.58. The summed E-state index contributed by atoms with van der Waals surface area (Å²) in [6.45, 7) is 1.12. The Labute approximate surface area is 194 Å². The monoisotopic (exact) mass is 434 g/mol. The molecular formula is C29H26N2O2. The molecule has 0 aliphatic heterocycles. The number of benzene rings is 4. The summed E-state index contributed by atoms with van der Waals surface area (Å²) < 4.78 is 0. The Morgan fingerprint density at radius 1 is 0.485 bits per heavy atom. The summed E-state index contributed by atoms with van der Waals surface area (Å²) in [6.07, 6.45) is 0.730. The van der Waals surface area contributed by atoms with Crippen LogP contribution in [0.15, 0.2) is 119 Å². The van der Waals surface area contributed by atoms with Crippen LogP contribution >= 0.6 is 0 Å². The van der Waals surface area contributed by atoms with Gasteiger partial charge in [0.1, 0.15) is 11.5 Å². The van der Waals surface area contributed by atoms with Gasteiger partial charge in [-0.25, -0.2) is 0 Å². The summed E-state index contributed by atoms with van der Waals surface area (Å²) in [6, 6.07) is 34.3. The molecule has 0 atom stereocenters. The third-order valence-electron chi connectivity index (χ3n) is 5.27. The van der Waals surface area contributed by atoms with Crippen molar-refractivity contribution in [3.63, 3.8) is 0 Å². The highest BCUT2D eigenvalue weighted by atomic mass is 16.3. The summed E-state index contributed by atoms with van der Waals surface area (Å²) in [4.78, 5) is 9.65. The first-order valence-corrected chi connectivity index (χ1v) is 11.0. The Balaban J connectivity index is 1.56. The molecule has 4 heteroatoms. The Bertz CT molecular complexity index is 1150. The molecule has 0 aliphatic carbocycles. The van der Waals surface area contributed by atoms with Gasteiger partial charge in [0.15, 0.2) is 0 Å². The van der Waals surface area contributed by atoms with Crippen LogP contribution in [0.25, 0.3) is 0 Å². The quantitative estimate of drug-likeness (QED) is 0.269. The number of nitrogens with zero attached hydrogens (tertiary/aromatic N) is 2. The zero-order valence-electron chi connectivity index (χ0n) is 18.3. The zero-order valence-corrected chi connectivity index (χ0v) is 18.3. The predicted octanol–water partition coefficient (Wildman–Crippen LogP) is 5.86. The lowest BCUT2D eigenvalue weighted by molar-refractivity contribution is 0.473. The summed E-state index contributed by atoms with van der Waals surface area (Å²) in [5.41, 5.74) is 4.88. The van der Waals surface area contributed by atoms with Gasteiger partial charge in [0, 0.05) is 35.3 Å². The topological polar surface area (TPSA) is 65.2 Å². The maximum absolute atomic E-state index is 10.4. The largest absolute Gasteiger partial charge is 0.507 e. The average molecular weight is 435 g/mol. The molecule has 0 heterocycles. The van der Waals surface area contributed by atoms with Crippen LogP contribution < -0.4 is 0 Å². The van der Waals surface area contributed by atoms with E-state index >= 15 is 0 Å². The van der Waals surface area contributed by atoms with Crippen LogP contribution in [0.3, 0.4) is 0 Å². The minimum Gasteiger partial charge on any atom is -0.507 e. The standard InChI is InChI=1S/C29H26N2O2/c32-26-18-9-7-16-24(26)28(22-12-3-1-4-13-22)30-20-11-21-31-29(23-14-5-2-6-15-23)25-17-8-10-19-27(25)33/h1-10,12-19,32-33H,11,20-21H2/b30-28+,31-29+. The van der Waals surface area contributed by atoms with Gasteiger partial charge in [0.2, 0.25) is 0 Å². The predicted molar refractivity (Wildman–Crippen MR) is 135 cm³/mol. The molecule has 0 amide bonds. The normalized spacial score (nSPS) is 12.0. The maximum Gasteiger partial charge on any atom is 0.124 e. The number of phenols is 2. The molecule has 2 N–H and O–H groups in total. The number of rotatable bonds is 8. The van der Waals surface area contributed by atoms with E-state index in [2.05, 4.69) is 0 Å². The molecule has 4 aromatic rings. The molecule has 0 bridgehead atoms. The Kier molecular flexibility index (Phi) is 7.29. The highest BCUT2D eigenvalue weighted by molar-refractivity contribution is 6.15. The van der Waals surface area contributed by atoms with Crippen LogP contribution in [0.4, 0.5) is 0 Å². The Morgan fingerprint density at radius 3 is 1.24 bits per heavy atom. The fourth-order valence-corrected chi connectivity index (χ4v) is 3.66. The van der Waals surface area contributed by atoms with Gasteiger partial charge in [0.25, 0.3) is 0 Å². The van der Waals surface area contributed by atoms with E-state index in [0.29, 0.717) is 24.2 Å². The second kappa shape index (κ2) is 10.9. The summed E-state index contributed by atoms with van der Waals surface area (Å²) in [7, 11) is 0. The highest BCUT2D eigenvalue weighted by Crippen LogP contribution is 2.22. The van der Waals surface area contributed by atoms with Gasteiger partial charge in [-0.3, -0.25) is 9.98 Å². The summed E-state index contributed by atoms with van der Waals surface area (Å²) in [5.74, 6) is 0.424. The van der Waals surface area contributed by atoms with Gasteiger partial charge in [-0.2, -0.15) is 0 Å². The first-order chi connectivity index (χ1) is 16.2. The van der Waals surface area contributed by atoms with Crippen LogP contribution in [0, 0.1) is 0 Å². The number of aliphatic imine (C=N–C) groups is 2. The lowest BCUT2D eigenvalue weighted by Gasteiger charge is -2.10. The minimum atomic E-state index is 0.212. The van der Waals surface area contributed by atoms with Crippen molar-refractivity contribution in [1.29, 1.82) is 0 Å². The Hall–Kier alpha value is -4.18. The van der Waals surface area contributed by atoms with E-state index < -0.39 is 0 Å². The molecule has 164 valence electrons. The van der Waals surface area contributed by atoms with Crippen LogP contribution in [-0.4, -0.2) is 34.7 Å². The second-order valence-electron chi connectivity index (χ2n) is 7.58. The SMILES string of the molecule is Oc1ccccc1/C(=N/CCC/N=C(\c1ccccc1)c1ccccc1O)c1ccccc1. The van der Waals surface area contributed by atoms with Gasteiger partial charge >= 0.3 is 0 Å². The van der Waals surface area contributed by atoms with E-state index in [1.807, 2.05) is 84.9 Å². The van der Waals surface area contributed by atoms with Crippen molar-refractivity contribution in [3.8, 4) is 11.5 Å². The van der Waals surface area contributed by atoms with Crippen LogP contribution in [-0.2, 0) is 0 Å². The van der Waals surface area contributed by atoms with E-state index in [9.17, 15) is 10.2 Å². The van der Waals surface area contributed by atoms with Gasteiger partial charge < -0.3 is 10.2 Å². The molecule has 0 fully saturated rings. The molecule has 33 heavy (non-hydrogen) atoms. The first kappa shape index (κ1) is 22.0. The van der Waals surface area contributed by atoms with E-state index in [1.165, 1.54) is 0 Å². The lowest BCUT2D eigenvalue weighted by atomic mass is 10.0. The number of phenolic OH excluding ortho intramolecular Hbond substituents is 2. The maximum atomic E-state index is 10.4. The number of para-hydroxylation sites is 2. The fourth-order valence-electron chi connectivity index (χ4n) is 3.66. The zero-order chi connectivity index (χ0) is 22.9. The van der Waals surface area contributed by atoms with Crippen molar-refractivity contribution in [2.75, 3.05) is 13.1 Å². The molecule has 0 aliphatic rings. The molecule has 0 radical (unpaired) electrons. The van der Waals surface area contributed by atoms with Crippen LogP contribution in [0.1, 0.15) is 28.7 Å². The average Bonchev–Trinajstić information content (AvgIpc) is 2.86. The van der Waals surface area contributed by atoms with E-state index in [0.717, 1.165) is 29.0 Å². The van der Waals surface area contributed by atoms with Crippen molar-refractivity contribution in [2.24, 2.45) is 9.98 Å². The highest BCUT2D eigenvalue weighted by Gasteiger charge is 2.12. The number of aromatic hydroxyl groups is 2. The fraction of sp³-hybridized carbons (Fsp3) is 0.103. The smallest absolute Gasteiger partial charge is 0.124 e. The number of hydrogen-bond acceptors (Lipinski definition) is 4. The van der Waals surface area contributed by atoms with E-state index in [1.54, 1.807) is 24.3 Å².